The third-order valence-corrected chi connectivity index (χ3v) is 3.46. The molecule has 23 heavy (non-hydrogen) atoms. The Morgan fingerprint density at radius 1 is 1.35 bits per heavy atom. The summed E-state index contributed by atoms with van der Waals surface area (Å²) in [4.78, 5) is 22.3. The Hall–Kier alpha value is -3.23. The van der Waals surface area contributed by atoms with E-state index in [2.05, 4.69) is 24.8 Å². The minimum atomic E-state index is -0.611. The largest absolute Gasteiger partial charge is 0.378 e. The van der Waals surface area contributed by atoms with Crippen molar-refractivity contribution >= 4 is 28.5 Å². The summed E-state index contributed by atoms with van der Waals surface area (Å²) < 4.78 is 2.08. The number of nitro groups is 1. The number of rotatable bonds is 5. The van der Waals surface area contributed by atoms with Crippen molar-refractivity contribution in [1.29, 1.82) is 0 Å². The summed E-state index contributed by atoms with van der Waals surface area (Å²) in [5.74, 6) is 1.02. The van der Waals surface area contributed by atoms with E-state index in [1.54, 1.807) is 0 Å². The SMILES string of the molecule is Cc1nc2ccccc2n1CCNc1ncc([N+](=O)[O-])c(N)n1. The van der Waals surface area contributed by atoms with Crippen LogP contribution in [0.25, 0.3) is 11.0 Å². The van der Waals surface area contributed by atoms with Crippen molar-refractivity contribution in [2.75, 3.05) is 17.6 Å². The van der Waals surface area contributed by atoms with Crippen molar-refractivity contribution in [2.24, 2.45) is 0 Å². The van der Waals surface area contributed by atoms with Gasteiger partial charge in [-0.05, 0) is 19.1 Å². The normalized spacial score (nSPS) is 10.8. The average molecular weight is 313 g/mol. The average Bonchev–Trinajstić information content (AvgIpc) is 2.83. The first-order valence-corrected chi connectivity index (χ1v) is 6.99. The van der Waals surface area contributed by atoms with Gasteiger partial charge in [-0.3, -0.25) is 10.1 Å². The lowest BCUT2D eigenvalue weighted by molar-refractivity contribution is -0.384. The predicted octanol–water partition coefficient (Wildman–Crippen LogP) is 1.74. The second-order valence-corrected chi connectivity index (χ2v) is 4.95. The Morgan fingerprint density at radius 2 is 2.13 bits per heavy atom. The first-order valence-electron chi connectivity index (χ1n) is 6.99. The standard InChI is InChI=1S/C14H15N7O2/c1-9-18-10-4-2-3-5-11(10)20(9)7-6-16-14-17-8-12(21(22)23)13(15)19-14/h2-5,8H,6-7H2,1H3,(H3,15,16,17,19). The summed E-state index contributed by atoms with van der Waals surface area (Å²) in [6.45, 7) is 3.14. The highest BCUT2D eigenvalue weighted by molar-refractivity contribution is 5.75. The van der Waals surface area contributed by atoms with Crippen LogP contribution < -0.4 is 11.1 Å². The molecule has 0 atom stereocenters. The number of para-hydroxylation sites is 2. The van der Waals surface area contributed by atoms with Gasteiger partial charge < -0.3 is 15.6 Å². The van der Waals surface area contributed by atoms with Crippen LogP contribution in [0.3, 0.4) is 0 Å². The number of nitrogen functional groups attached to an aromatic ring is 1. The van der Waals surface area contributed by atoms with Gasteiger partial charge in [-0.1, -0.05) is 12.1 Å². The fourth-order valence-corrected chi connectivity index (χ4v) is 2.37. The van der Waals surface area contributed by atoms with Crippen LogP contribution in [0.1, 0.15) is 5.82 Å². The number of benzene rings is 1. The van der Waals surface area contributed by atoms with Gasteiger partial charge in [-0.15, -0.1) is 0 Å². The molecule has 0 aliphatic carbocycles. The summed E-state index contributed by atoms with van der Waals surface area (Å²) in [5.41, 5.74) is 7.24. The van der Waals surface area contributed by atoms with Gasteiger partial charge >= 0.3 is 5.69 Å². The zero-order valence-corrected chi connectivity index (χ0v) is 12.4. The molecule has 0 amide bonds. The van der Waals surface area contributed by atoms with E-state index >= 15 is 0 Å². The second-order valence-electron chi connectivity index (χ2n) is 4.95. The lowest BCUT2D eigenvalue weighted by Gasteiger charge is -2.08. The summed E-state index contributed by atoms with van der Waals surface area (Å²) in [7, 11) is 0. The number of anilines is 2. The van der Waals surface area contributed by atoms with Crippen molar-refractivity contribution in [1.82, 2.24) is 19.5 Å². The van der Waals surface area contributed by atoms with E-state index in [4.69, 9.17) is 5.73 Å². The van der Waals surface area contributed by atoms with E-state index in [0.29, 0.717) is 13.1 Å². The van der Waals surface area contributed by atoms with Crippen LogP contribution in [0.5, 0.6) is 0 Å². The predicted molar refractivity (Wildman–Crippen MR) is 86.1 cm³/mol. The van der Waals surface area contributed by atoms with E-state index in [-0.39, 0.29) is 17.5 Å². The number of fused-ring (bicyclic) bond motifs is 1. The molecule has 0 unspecified atom stereocenters. The molecular weight excluding hydrogens is 298 g/mol. The van der Waals surface area contributed by atoms with Gasteiger partial charge in [-0.2, -0.15) is 4.98 Å². The van der Waals surface area contributed by atoms with Crippen LogP contribution in [-0.2, 0) is 6.54 Å². The molecule has 1 aromatic carbocycles. The van der Waals surface area contributed by atoms with E-state index in [9.17, 15) is 10.1 Å². The molecule has 3 N–H and O–H groups in total. The van der Waals surface area contributed by atoms with Crippen molar-refractivity contribution < 1.29 is 4.92 Å². The lowest BCUT2D eigenvalue weighted by Crippen LogP contribution is -2.14. The molecule has 0 saturated carbocycles. The maximum absolute atomic E-state index is 10.7. The zero-order chi connectivity index (χ0) is 16.4. The Balaban J connectivity index is 1.70. The van der Waals surface area contributed by atoms with E-state index in [1.807, 2.05) is 31.2 Å². The Kier molecular flexibility index (Phi) is 3.75. The molecule has 0 bridgehead atoms. The lowest BCUT2D eigenvalue weighted by atomic mass is 10.3. The molecule has 0 spiro atoms. The maximum Gasteiger partial charge on any atom is 0.329 e. The van der Waals surface area contributed by atoms with Gasteiger partial charge in [0, 0.05) is 13.1 Å². The van der Waals surface area contributed by atoms with Gasteiger partial charge in [0.15, 0.2) is 0 Å². The fourth-order valence-electron chi connectivity index (χ4n) is 2.37. The molecule has 2 heterocycles. The molecule has 9 heteroatoms. The number of nitrogens with two attached hydrogens (primary N) is 1. The number of aromatic nitrogens is 4. The van der Waals surface area contributed by atoms with Crippen LogP contribution in [0.2, 0.25) is 0 Å². The van der Waals surface area contributed by atoms with Crippen molar-refractivity contribution in [2.45, 2.75) is 13.5 Å². The topological polar surface area (TPSA) is 125 Å². The van der Waals surface area contributed by atoms with Crippen molar-refractivity contribution in [3.63, 3.8) is 0 Å². The van der Waals surface area contributed by atoms with Gasteiger partial charge in [0.2, 0.25) is 11.8 Å². The number of aryl methyl sites for hydroxylation is 1. The number of nitrogens with one attached hydrogen (secondary N) is 1. The molecular formula is C14H15N7O2. The van der Waals surface area contributed by atoms with Crippen LogP contribution in [-0.4, -0.2) is 31.0 Å². The van der Waals surface area contributed by atoms with Gasteiger partial charge in [-0.25, -0.2) is 9.97 Å². The Morgan fingerprint density at radius 3 is 2.87 bits per heavy atom. The smallest absolute Gasteiger partial charge is 0.329 e. The Bertz CT molecular complexity index is 875. The molecule has 0 aliphatic rings. The molecule has 0 aliphatic heterocycles. The molecule has 3 rings (SSSR count). The van der Waals surface area contributed by atoms with E-state index in [1.165, 1.54) is 0 Å². The van der Waals surface area contributed by atoms with E-state index < -0.39 is 4.92 Å². The summed E-state index contributed by atoms with van der Waals surface area (Å²) in [6.07, 6.45) is 1.10. The summed E-state index contributed by atoms with van der Waals surface area (Å²) >= 11 is 0. The quantitative estimate of drug-likeness (QED) is 0.542. The monoisotopic (exact) mass is 313 g/mol. The summed E-state index contributed by atoms with van der Waals surface area (Å²) in [6, 6.07) is 7.89. The highest BCUT2D eigenvalue weighted by atomic mass is 16.6. The van der Waals surface area contributed by atoms with Crippen LogP contribution in [0.15, 0.2) is 30.5 Å². The number of nitrogens with zero attached hydrogens (tertiary/aromatic N) is 5. The highest BCUT2D eigenvalue weighted by Gasteiger charge is 2.14. The van der Waals surface area contributed by atoms with Gasteiger partial charge in [0.25, 0.3) is 0 Å². The molecule has 118 valence electrons. The third kappa shape index (κ3) is 2.89. The number of hydrogen-bond acceptors (Lipinski definition) is 7. The second kappa shape index (κ2) is 5.87. The third-order valence-electron chi connectivity index (χ3n) is 3.46. The highest BCUT2D eigenvalue weighted by Crippen LogP contribution is 2.18. The minimum absolute atomic E-state index is 0.156. The first kappa shape index (κ1) is 14.7. The minimum Gasteiger partial charge on any atom is -0.378 e. The molecule has 9 nitrogen and oxygen atoms in total. The molecule has 0 radical (unpaired) electrons. The molecule has 2 aromatic heterocycles. The number of imidazole rings is 1. The van der Waals surface area contributed by atoms with Crippen LogP contribution in [0, 0.1) is 17.0 Å². The van der Waals surface area contributed by atoms with E-state index in [0.717, 1.165) is 23.1 Å². The first-order chi connectivity index (χ1) is 11.1. The van der Waals surface area contributed by atoms with Crippen molar-refractivity contribution in [3.05, 3.63) is 46.4 Å². The van der Waals surface area contributed by atoms with Gasteiger partial charge in [0.05, 0.1) is 16.0 Å². The zero-order valence-electron chi connectivity index (χ0n) is 12.4. The molecule has 0 fully saturated rings. The molecule has 0 saturated heterocycles. The maximum atomic E-state index is 10.7. The van der Waals surface area contributed by atoms with Crippen LogP contribution >= 0.6 is 0 Å². The van der Waals surface area contributed by atoms with Crippen molar-refractivity contribution in [3.8, 4) is 0 Å². The number of hydrogen-bond donors (Lipinski definition) is 2. The molecule has 3 aromatic rings. The fraction of sp³-hybridized carbons (Fsp3) is 0.214. The van der Waals surface area contributed by atoms with Gasteiger partial charge in [0.1, 0.15) is 12.0 Å². The Labute approximate surface area is 131 Å². The summed E-state index contributed by atoms with van der Waals surface area (Å²) in [5, 5.41) is 13.7. The van der Waals surface area contributed by atoms with Crippen LogP contribution in [0.4, 0.5) is 17.5 Å².